The molecule has 1 aliphatic rings. The third kappa shape index (κ3) is 1.58. The third-order valence-electron chi connectivity index (χ3n) is 3.49. The Hall–Kier alpha value is -0.450. The molecule has 2 atom stereocenters. The van der Waals surface area contributed by atoms with Crippen LogP contribution in [0.2, 0.25) is 0 Å². The Morgan fingerprint density at radius 3 is 2.50 bits per heavy atom. The van der Waals surface area contributed by atoms with Gasteiger partial charge >= 0.3 is 0 Å². The van der Waals surface area contributed by atoms with E-state index in [9.17, 15) is 4.79 Å². The Kier molecular flexibility index (Phi) is 3.64. The fraction of sp³-hybridized carbons (Fsp3) is 0.900. The average molecular weight is 199 g/mol. The predicted octanol–water partition coefficient (Wildman–Crippen LogP) is 0.234. The number of carbonyl (C=O) groups excluding carboxylic acids is 1. The molecule has 0 amide bonds. The first kappa shape index (κ1) is 11.6. The van der Waals surface area contributed by atoms with Gasteiger partial charge in [-0.3, -0.25) is 10.7 Å². The third-order valence-corrected chi connectivity index (χ3v) is 3.49. The summed E-state index contributed by atoms with van der Waals surface area (Å²) in [5.41, 5.74) is -0.484. The van der Waals surface area contributed by atoms with Gasteiger partial charge in [0.15, 0.2) is 0 Å². The maximum atomic E-state index is 11.3. The van der Waals surface area contributed by atoms with Crippen molar-refractivity contribution in [1.82, 2.24) is 9.91 Å². The van der Waals surface area contributed by atoms with E-state index in [1.54, 1.807) is 5.01 Å². The van der Waals surface area contributed by atoms with Crippen molar-refractivity contribution in [3.05, 3.63) is 0 Å². The summed E-state index contributed by atoms with van der Waals surface area (Å²) >= 11 is 0. The van der Waals surface area contributed by atoms with Crippen LogP contribution >= 0.6 is 0 Å². The first-order chi connectivity index (χ1) is 6.62. The van der Waals surface area contributed by atoms with E-state index in [1.807, 2.05) is 6.92 Å². The molecule has 0 aromatic rings. The number of hydrogen-bond donors (Lipinski definition) is 1. The number of nitrogens with two attached hydrogens (primary N) is 1. The van der Waals surface area contributed by atoms with Crippen LogP contribution in [0.4, 0.5) is 0 Å². The largest absolute Gasteiger partial charge is 0.301 e. The van der Waals surface area contributed by atoms with Gasteiger partial charge < -0.3 is 4.79 Å². The topological polar surface area (TPSA) is 49.6 Å². The highest BCUT2D eigenvalue weighted by molar-refractivity contribution is 5.66. The van der Waals surface area contributed by atoms with E-state index in [0.717, 1.165) is 32.2 Å². The number of piperazine rings is 1. The van der Waals surface area contributed by atoms with Crippen molar-refractivity contribution in [3.8, 4) is 0 Å². The molecule has 0 aliphatic carbocycles. The molecule has 0 bridgehead atoms. The van der Waals surface area contributed by atoms with E-state index < -0.39 is 5.54 Å². The standard InChI is InChI=1S/C10H21N3O/c1-4-9-10(5-2,8-14)13(11)7-6-12(9)3/h8-9H,4-7,11H2,1-3H3. The van der Waals surface area contributed by atoms with Crippen molar-refractivity contribution < 1.29 is 4.79 Å². The van der Waals surface area contributed by atoms with Crippen LogP contribution in [0.5, 0.6) is 0 Å². The van der Waals surface area contributed by atoms with Crippen molar-refractivity contribution in [3.63, 3.8) is 0 Å². The van der Waals surface area contributed by atoms with Gasteiger partial charge in [0.05, 0.1) is 0 Å². The summed E-state index contributed by atoms with van der Waals surface area (Å²) in [7, 11) is 2.06. The Morgan fingerprint density at radius 2 is 2.14 bits per heavy atom. The van der Waals surface area contributed by atoms with Gasteiger partial charge in [0.1, 0.15) is 11.8 Å². The van der Waals surface area contributed by atoms with Crippen LogP contribution in [0.25, 0.3) is 0 Å². The number of hydrazine groups is 1. The summed E-state index contributed by atoms with van der Waals surface area (Å²) in [5.74, 6) is 5.94. The minimum Gasteiger partial charge on any atom is -0.301 e. The summed E-state index contributed by atoms with van der Waals surface area (Å²) in [6.45, 7) is 5.83. The van der Waals surface area contributed by atoms with Crippen molar-refractivity contribution in [2.75, 3.05) is 20.1 Å². The fourth-order valence-corrected chi connectivity index (χ4v) is 2.54. The molecular formula is C10H21N3O. The molecule has 0 radical (unpaired) electrons. The number of aldehydes is 1. The second-order valence-electron chi connectivity index (χ2n) is 4.06. The van der Waals surface area contributed by atoms with Crippen LogP contribution < -0.4 is 5.84 Å². The molecule has 4 heteroatoms. The zero-order valence-corrected chi connectivity index (χ0v) is 9.36. The number of likely N-dealkylation sites (N-methyl/N-ethyl adjacent to an activating group) is 1. The average Bonchev–Trinajstić information content (AvgIpc) is 2.21. The Morgan fingerprint density at radius 1 is 1.50 bits per heavy atom. The highest BCUT2D eigenvalue weighted by atomic mass is 16.1. The Balaban J connectivity index is 2.98. The zero-order valence-electron chi connectivity index (χ0n) is 9.36. The maximum Gasteiger partial charge on any atom is 0.143 e. The van der Waals surface area contributed by atoms with E-state index in [2.05, 4.69) is 18.9 Å². The number of carbonyl (C=O) groups is 1. The van der Waals surface area contributed by atoms with Gasteiger partial charge in [-0.2, -0.15) is 0 Å². The molecule has 2 N–H and O–H groups in total. The summed E-state index contributed by atoms with van der Waals surface area (Å²) < 4.78 is 0. The minimum atomic E-state index is -0.484. The van der Waals surface area contributed by atoms with E-state index >= 15 is 0 Å². The number of hydrogen-bond acceptors (Lipinski definition) is 4. The van der Waals surface area contributed by atoms with Crippen molar-refractivity contribution in [2.24, 2.45) is 5.84 Å². The molecule has 1 heterocycles. The van der Waals surface area contributed by atoms with Crippen LogP contribution in [-0.4, -0.2) is 47.9 Å². The van der Waals surface area contributed by atoms with Gasteiger partial charge in [-0.15, -0.1) is 0 Å². The number of nitrogens with zero attached hydrogens (tertiary/aromatic N) is 2. The van der Waals surface area contributed by atoms with Crippen LogP contribution in [0, 0.1) is 0 Å². The second kappa shape index (κ2) is 4.38. The lowest BCUT2D eigenvalue weighted by atomic mass is 9.83. The van der Waals surface area contributed by atoms with Gasteiger partial charge in [-0.1, -0.05) is 13.8 Å². The molecule has 4 nitrogen and oxygen atoms in total. The fourth-order valence-electron chi connectivity index (χ4n) is 2.54. The first-order valence-corrected chi connectivity index (χ1v) is 5.31. The lowest BCUT2D eigenvalue weighted by Gasteiger charge is -2.50. The van der Waals surface area contributed by atoms with Crippen LogP contribution in [0.15, 0.2) is 0 Å². The normalized spacial score (nSPS) is 35.9. The molecule has 0 aromatic heterocycles. The van der Waals surface area contributed by atoms with Crippen LogP contribution in [-0.2, 0) is 4.79 Å². The molecule has 0 spiro atoms. The van der Waals surface area contributed by atoms with Crippen molar-refractivity contribution in [2.45, 2.75) is 38.3 Å². The highest BCUT2D eigenvalue weighted by Crippen LogP contribution is 2.28. The smallest absolute Gasteiger partial charge is 0.143 e. The van der Waals surface area contributed by atoms with Crippen molar-refractivity contribution in [1.29, 1.82) is 0 Å². The molecule has 82 valence electrons. The predicted molar refractivity (Wildman–Crippen MR) is 56.7 cm³/mol. The van der Waals surface area contributed by atoms with Gasteiger partial charge in [0.25, 0.3) is 0 Å². The van der Waals surface area contributed by atoms with Gasteiger partial charge in [-0.05, 0) is 19.9 Å². The van der Waals surface area contributed by atoms with E-state index in [0.29, 0.717) is 0 Å². The minimum absolute atomic E-state index is 0.240. The second-order valence-corrected chi connectivity index (χ2v) is 4.06. The summed E-state index contributed by atoms with van der Waals surface area (Å²) in [5, 5.41) is 1.72. The molecule has 14 heavy (non-hydrogen) atoms. The molecule has 1 aliphatic heterocycles. The van der Waals surface area contributed by atoms with Crippen LogP contribution in [0.1, 0.15) is 26.7 Å². The lowest BCUT2D eigenvalue weighted by Crippen LogP contribution is -2.70. The maximum absolute atomic E-state index is 11.3. The van der Waals surface area contributed by atoms with Gasteiger partial charge in [0, 0.05) is 19.1 Å². The molecular weight excluding hydrogens is 178 g/mol. The lowest BCUT2D eigenvalue weighted by molar-refractivity contribution is -0.129. The first-order valence-electron chi connectivity index (χ1n) is 5.31. The molecule has 0 saturated carbocycles. The summed E-state index contributed by atoms with van der Waals surface area (Å²) in [6.07, 6.45) is 2.75. The highest BCUT2D eigenvalue weighted by Gasteiger charge is 2.45. The summed E-state index contributed by atoms with van der Waals surface area (Å²) in [4.78, 5) is 13.5. The monoisotopic (exact) mass is 199 g/mol. The quantitative estimate of drug-likeness (QED) is 0.522. The molecule has 1 saturated heterocycles. The van der Waals surface area contributed by atoms with Crippen LogP contribution in [0.3, 0.4) is 0 Å². The molecule has 1 fully saturated rings. The number of rotatable bonds is 3. The van der Waals surface area contributed by atoms with Gasteiger partial charge in [-0.25, -0.2) is 5.01 Å². The molecule has 1 rings (SSSR count). The molecule has 0 aromatic carbocycles. The molecule has 2 unspecified atom stereocenters. The Labute approximate surface area is 86.0 Å². The van der Waals surface area contributed by atoms with Gasteiger partial charge in [0.2, 0.25) is 0 Å². The van der Waals surface area contributed by atoms with Crippen molar-refractivity contribution >= 4 is 6.29 Å². The van der Waals surface area contributed by atoms with E-state index in [4.69, 9.17) is 5.84 Å². The summed E-state index contributed by atoms with van der Waals surface area (Å²) in [6, 6.07) is 0.240. The zero-order chi connectivity index (χ0) is 10.8. The SMILES string of the molecule is CCC1N(C)CCN(N)C1(C=O)CC. The van der Waals surface area contributed by atoms with E-state index in [1.165, 1.54) is 0 Å². The Bertz CT molecular complexity index is 210. The van der Waals surface area contributed by atoms with E-state index in [-0.39, 0.29) is 6.04 Å².